The summed E-state index contributed by atoms with van der Waals surface area (Å²) in [5.74, 6) is -0.269. The number of hydrogen-bond donors (Lipinski definition) is 1. The Balaban J connectivity index is 1.60. The Morgan fingerprint density at radius 1 is 1.04 bits per heavy atom. The summed E-state index contributed by atoms with van der Waals surface area (Å²) in [7, 11) is 1.55. The number of nitrogens with zero attached hydrogens (tertiary/aromatic N) is 1. The lowest BCUT2D eigenvalue weighted by atomic mass is 10.1. The Labute approximate surface area is 144 Å². The van der Waals surface area contributed by atoms with E-state index in [-0.39, 0.29) is 18.1 Å². The molecule has 0 saturated carbocycles. The number of nitrogens with one attached hydrogen (secondary N) is 1. The van der Waals surface area contributed by atoms with Crippen molar-refractivity contribution in [1.82, 2.24) is 10.2 Å². The van der Waals surface area contributed by atoms with Gasteiger partial charge in [-0.15, -0.1) is 0 Å². The topological polar surface area (TPSA) is 81.3 Å². The van der Waals surface area contributed by atoms with Gasteiger partial charge in [0.1, 0.15) is 11.4 Å². The van der Waals surface area contributed by atoms with E-state index in [0.717, 1.165) is 5.56 Å². The minimum absolute atomic E-state index is 0.196. The molecule has 0 unspecified atom stereocenters. The molecule has 0 atom stereocenters. The number of Topliss-reactive ketones (excluding diaryl/α,β-unsaturated/α-hetero) is 1. The molecule has 6 heteroatoms. The summed E-state index contributed by atoms with van der Waals surface area (Å²) in [6.45, 7) is -0.342. The highest BCUT2D eigenvalue weighted by molar-refractivity contribution is 5.99. The maximum absolute atomic E-state index is 12.1. The van der Waals surface area contributed by atoms with Crippen LogP contribution in [0.3, 0.4) is 0 Å². The molecule has 6 nitrogen and oxygen atoms in total. The van der Waals surface area contributed by atoms with Gasteiger partial charge in [0.05, 0.1) is 12.8 Å². The Kier molecular flexibility index (Phi) is 4.89. The Morgan fingerprint density at radius 3 is 2.44 bits per heavy atom. The number of hydrogen-bond acceptors (Lipinski definition) is 5. The molecule has 3 aromatic rings. The van der Waals surface area contributed by atoms with Gasteiger partial charge in [0.2, 0.25) is 0 Å². The van der Waals surface area contributed by atoms with E-state index in [9.17, 15) is 9.59 Å². The van der Waals surface area contributed by atoms with Crippen LogP contribution in [0.15, 0.2) is 60.7 Å². The Hall–Kier alpha value is -3.41. The van der Waals surface area contributed by atoms with Crippen molar-refractivity contribution >= 4 is 11.8 Å². The van der Waals surface area contributed by atoms with Crippen LogP contribution in [-0.4, -0.2) is 35.7 Å². The second-order valence-electron chi connectivity index (χ2n) is 5.26. The molecule has 0 aliphatic carbocycles. The number of carbonyl (C=O) groups is 2. The number of benzene rings is 2. The number of ketones is 1. The average molecular weight is 336 g/mol. The minimum atomic E-state index is -0.628. The molecule has 1 N–H and O–H groups in total. The van der Waals surface area contributed by atoms with E-state index in [1.165, 1.54) is 0 Å². The van der Waals surface area contributed by atoms with Gasteiger partial charge < -0.3 is 9.47 Å². The van der Waals surface area contributed by atoms with Gasteiger partial charge in [0.25, 0.3) is 0 Å². The second kappa shape index (κ2) is 7.44. The van der Waals surface area contributed by atoms with Crippen molar-refractivity contribution < 1.29 is 19.1 Å². The molecule has 2 aromatic carbocycles. The maximum atomic E-state index is 12.1. The molecule has 3 rings (SSSR count). The van der Waals surface area contributed by atoms with Crippen LogP contribution in [0.4, 0.5) is 0 Å². The van der Waals surface area contributed by atoms with Gasteiger partial charge in [0, 0.05) is 11.1 Å². The Morgan fingerprint density at radius 2 is 1.76 bits per heavy atom. The normalized spacial score (nSPS) is 10.3. The zero-order valence-electron chi connectivity index (χ0n) is 13.6. The maximum Gasteiger partial charge on any atom is 0.356 e. The molecule has 0 aliphatic heterocycles. The lowest BCUT2D eigenvalue weighted by molar-refractivity contribution is 0.0469. The molecular formula is C19H16N2O4. The smallest absolute Gasteiger partial charge is 0.356 e. The van der Waals surface area contributed by atoms with Gasteiger partial charge in [-0.3, -0.25) is 9.89 Å². The van der Waals surface area contributed by atoms with E-state index >= 15 is 0 Å². The third-order valence-electron chi connectivity index (χ3n) is 3.61. The van der Waals surface area contributed by atoms with Crippen molar-refractivity contribution in [3.05, 3.63) is 71.9 Å². The van der Waals surface area contributed by atoms with E-state index in [4.69, 9.17) is 9.47 Å². The predicted octanol–water partition coefficient (Wildman–Crippen LogP) is 3.13. The number of esters is 1. The van der Waals surface area contributed by atoms with Crippen LogP contribution < -0.4 is 4.74 Å². The van der Waals surface area contributed by atoms with Gasteiger partial charge in [0.15, 0.2) is 12.4 Å². The lowest BCUT2D eigenvalue weighted by Crippen LogP contribution is -2.14. The van der Waals surface area contributed by atoms with E-state index in [0.29, 0.717) is 17.0 Å². The molecule has 0 fully saturated rings. The molecular weight excluding hydrogens is 320 g/mol. The van der Waals surface area contributed by atoms with E-state index in [1.807, 2.05) is 30.3 Å². The summed E-state index contributed by atoms with van der Waals surface area (Å²) in [6.07, 6.45) is 0. The SMILES string of the molecule is COc1ccc(C(=O)COC(=O)c2cc(-c3ccccc3)n[nH]2)cc1. The van der Waals surface area contributed by atoms with E-state index in [1.54, 1.807) is 37.4 Å². The van der Waals surface area contributed by atoms with Crippen LogP contribution >= 0.6 is 0 Å². The van der Waals surface area contributed by atoms with Gasteiger partial charge in [-0.1, -0.05) is 30.3 Å². The predicted molar refractivity (Wildman–Crippen MR) is 91.6 cm³/mol. The van der Waals surface area contributed by atoms with Gasteiger partial charge in [-0.05, 0) is 30.3 Å². The fourth-order valence-electron chi connectivity index (χ4n) is 2.25. The third-order valence-corrected chi connectivity index (χ3v) is 3.61. The highest BCUT2D eigenvalue weighted by Gasteiger charge is 2.15. The second-order valence-corrected chi connectivity index (χ2v) is 5.26. The zero-order chi connectivity index (χ0) is 17.6. The molecule has 0 spiro atoms. The fraction of sp³-hybridized carbons (Fsp3) is 0.105. The van der Waals surface area contributed by atoms with Crippen LogP contribution in [0.1, 0.15) is 20.8 Å². The first kappa shape index (κ1) is 16.4. The van der Waals surface area contributed by atoms with Gasteiger partial charge >= 0.3 is 5.97 Å². The number of methoxy groups -OCH3 is 1. The fourth-order valence-corrected chi connectivity index (χ4v) is 2.25. The van der Waals surface area contributed by atoms with Crippen molar-refractivity contribution in [2.75, 3.05) is 13.7 Å². The van der Waals surface area contributed by atoms with Crippen LogP contribution in [0, 0.1) is 0 Å². The van der Waals surface area contributed by atoms with Crippen molar-refractivity contribution in [1.29, 1.82) is 0 Å². The molecule has 0 amide bonds. The average Bonchev–Trinajstić information content (AvgIpc) is 3.17. The van der Waals surface area contributed by atoms with Gasteiger partial charge in [-0.25, -0.2) is 4.79 Å². The summed E-state index contributed by atoms with van der Waals surface area (Å²) >= 11 is 0. The van der Waals surface area contributed by atoms with Crippen molar-refractivity contribution in [2.45, 2.75) is 0 Å². The van der Waals surface area contributed by atoms with Crippen LogP contribution in [0.2, 0.25) is 0 Å². The van der Waals surface area contributed by atoms with Crippen molar-refractivity contribution in [2.24, 2.45) is 0 Å². The number of carbonyl (C=O) groups excluding carboxylic acids is 2. The summed E-state index contributed by atoms with van der Waals surface area (Å²) in [5.41, 5.74) is 2.16. The third kappa shape index (κ3) is 3.92. The van der Waals surface area contributed by atoms with E-state index in [2.05, 4.69) is 10.2 Å². The number of rotatable bonds is 6. The highest BCUT2D eigenvalue weighted by atomic mass is 16.5. The first-order valence-corrected chi connectivity index (χ1v) is 7.62. The van der Waals surface area contributed by atoms with Gasteiger partial charge in [-0.2, -0.15) is 5.10 Å². The zero-order valence-corrected chi connectivity index (χ0v) is 13.6. The van der Waals surface area contributed by atoms with Crippen LogP contribution in [0.5, 0.6) is 5.75 Å². The largest absolute Gasteiger partial charge is 0.497 e. The first-order valence-electron chi connectivity index (χ1n) is 7.62. The van der Waals surface area contributed by atoms with Crippen LogP contribution in [0.25, 0.3) is 11.3 Å². The summed E-state index contributed by atoms with van der Waals surface area (Å²) < 4.78 is 10.1. The molecule has 126 valence electrons. The standard InChI is InChI=1S/C19H16N2O4/c1-24-15-9-7-14(8-10-15)18(22)12-25-19(23)17-11-16(20-21-17)13-5-3-2-4-6-13/h2-11H,12H2,1H3,(H,20,21). The summed E-state index contributed by atoms with van der Waals surface area (Å²) in [4.78, 5) is 24.1. The van der Waals surface area contributed by atoms with E-state index < -0.39 is 5.97 Å². The number of aromatic amines is 1. The number of aromatic nitrogens is 2. The molecule has 0 radical (unpaired) electrons. The highest BCUT2D eigenvalue weighted by Crippen LogP contribution is 2.17. The number of ether oxygens (including phenoxy) is 2. The molecule has 0 saturated heterocycles. The first-order chi connectivity index (χ1) is 12.2. The molecule has 1 aromatic heterocycles. The van der Waals surface area contributed by atoms with Crippen LogP contribution in [-0.2, 0) is 4.74 Å². The quantitative estimate of drug-likeness (QED) is 0.552. The molecule has 25 heavy (non-hydrogen) atoms. The summed E-state index contributed by atoms with van der Waals surface area (Å²) in [5, 5.41) is 6.72. The number of H-pyrrole nitrogens is 1. The molecule has 0 aliphatic rings. The molecule has 1 heterocycles. The summed E-state index contributed by atoms with van der Waals surface area (Å²) in [6, 6.07) is 17.6. The van der Waals surface area contributed by atoms with Crippen molar-refractivity contribution in [3.63, 3.8) is 0 Å². The lowest BCUT2D eigenvalue weighted by Gasteiger charge is -2.04. The van der Waals surface area contributed by atoms with Crippen molar-refractivity contribution in [3.8, 4) is 17.0 Å². The molecule has 0 bridgehead atoms. The Bertz CT molecular complexity index is 870. The minimum Gasteiger partial charge on any atom is -0.497 e. The monoisotopic (exact) mass is 336 g/mol.